The van der Waals surface area contributed by atoms with E-state index in [1.54, 1.807) is 6.20 Å². The third-order valence-electron chi connectivity index (χ3n) is 6.85. The third kappa shape index (κ3) is 5.00. The van der Waals surface area contributed by atoms with Crippen LogP contribution < -0.4 is 10.2 Å². The summed E-state index contributed by atoms with van der Waals surface area (Å²) in [4.78, 5) is 21.2. The molecule has 0 spiro atoms. The van der Waals surface area contributed by atoms with Gasteiger partial charge in [-0.25, -0.2) is 4.98 Å². The Morgan fingerprint density at radius 3 is 2.70 bits per heavy atom. The van der Waals surface area contributed by atoms with Gasteiger partial charge in [0, 0.05) is 35.1 Å². The Morgan fingerprint density at radius 2 is 1.97 bits per heavy atom. The van der Waals surface area contributed by atoms with E-state index in [1.807, 2.05) is 36.0 Å². The van der Waals surface area contributed by atoms with Crippen LogP contribution >= 0.6 is 11.8 Å². The number of nitrogens with one attached hydrogen (secondary N) is 1. The van der Waals surface area contributed by atoms with E-state index in [9.17, 15) is 4.79 Å². The summed E-state index contributed by atoms with van der Waals surface area (Å²) in [6, 6.07) is 12.0. The molecular formula is C25H33N3OS. The Kier molecular flexibility index (Phi) is 6.67. The molecule has 1 aliphatic heterocycles. The molecule has 1 saturated heterocycles. The molecule has 1 amide bonds. The van der Waals surface area contributed by atoms with Gasteiger partial charge in [0.05, 0.1) is 5.56 Å². The number of hydrogen-bond acceptors (Lipinski definition) is 4. The minimum absolute atomic E-state index is 0.0788. The molecule has 1 aliphatic carbocycles. The van der Waals surface area contributed by atoms with Crippen molar-refractivity contribution in [2.24, 2.45) is 5.41 Å². The zero-order chi connectivity index (χ0) is 21.0. The fourth-order valence-electron chi connectivity index (χ4n) is 4.48. The van der Waals surface area contributed by atoms with Crippen LogP contribution in [0.4, 0.5) is 11.5 Å². The number of piperidine rings is 1. The molecule has 1 N–H and O–H groups in total. The maximum absolute atomic E-state index is 13.1. The van der Waals surface area contributed by atoms with Gasteiger partial charge in [0.15, 0.2) is 0 Å². The summed E-state index contributed by atoms with van der Waals surface area (Å²) < 4.78 is 0. The summed E-state index contributed by atoms with van der Waals surface area (Å²) >= 11 is 1.94. The van der Waals surface area contributed by atoms with E-state index in [2.05, 4.69) is 41.2 Å². The van der Waals surface area contributed by atoms with Crippen molar-refractivity contribution in [3.05, 3.63) is 48.2 Å². The molecule has 4 nitrogen and oxygen atoms in total. The van der Waals surface area contributed by atoms with E-state index in [4.69, 9.17) is 0 Å². The van der Waals surface area contributed by atoms with Crippen molar-refractivity contribution in [2.45, 2.75) is 68.9 Å². The molecule has 1 aromatic carbocycles. The monoisotopic (exact) mass is 423 g/mol. The second-order valence-electron chi connectivity index (χ2n) is 9.03. The smallest absolute Gasteiger partial charge is 0.259 e. The number of benzene rings is 1. The molecule has 0 atom stereocenters. The van der Waals surface area contributed by atoms with E-state index >= 15 is 0 Å². The van der Waals surface area contributed by atoms with Crippen molar-refractivity contribution in [3.63, 3.8) is 0 Å². The fourth-order valence-corrected chi connectivity index (χ4v) is 5.79. The zero-order valence-electron chi connectivity index (χ0n) is 18.2. The standard InChI is InChI=1S/C25H33N3OS/c1-3-25(2)13-16-28(17-14-25)23-22(12-7-15-26-23)24(29)27-19-8-6-11-21(18-19)30-20-9-4-5-10-20/h6-8,11-12,15,18,20H,3-5,9-10,13-14,16-17H2,1-2H3,(H,27,29). The molecule has 160 valence electrons. The van der Waals surface area contributed by atoms with Crippen LogP contribution in [-0.4, -0.2) is 29.2 Å². The average Bonchev–Trinajstić information content (AvgIpc) is 3.27. The lowest BCUT2D eigenvalue weighted by atomic mass is 9.78. The number of amides is 1. The first-order chi connectivity index (χ1) is 14.6. The van der Waals surface area contributed by atoms with Crippen LogP contribution in [0.2, 0.25) is 0 Å². The summed E-state index contributed by atoms with van der Waals surface area (Å²) in [6.45, 7) is 6.55. The molecular weight excluding hydrogens is 390 g/mol. The third-order valence-corrected chi connectivity index (χ3v) is 8.18. The molecule has 0 bridgehead atoms. The molecule has 2 heterocycles. The average molecular weight is 424 g/mol. The van der Waals surface area contributed by atoms with Crippen molar-refractivity contribution in [2.75, 3.05) is 23.3 Å². The van der Waals surface area contributed by atoms with Crippen LogP contribution in [-0.2, 0) is 0 Å². The first kappa shape index (κ1) is 21.2. The number of carbonyl (C=O) groups is 1. The minimum atomic E-state index is -0.0788. The van der Waals surface area contributed by atoms with Crippen LogP contribution in [0.1, 0.15) is 69.2 Å². The van der Waals surface area contributed by atoms with Crippen LogP contribution in [0.5, 0.6) is 0 Å². The Hall–Kier alpha value is -2.01. The van der Waals surface area contributed by atoms with Crippen LogP contribution in [0.25, 0.3) is 0 Å². The fraction of sp³-hybridized carbons (Fsp3) is 0.520. The summed E-state index contributed by atoms with van der Waals surface area (Å²) in [5, 5.41) is 3.83. The van der Waals surface area contributed by atoms with E-state index in [0.717, 1.165) is 37.4 Å². The highest BCUT2D eigenvalue weighted by atomic mass is 32.2. The van der Waals surface area contributed by atoms with E-state index < -0.39 is 0 Å². The maximum atomic E-state index is 13.1. The predicted molar refractivity (Wildman–Crippen MR) is 127 cm³/mol. The van der Waals surface area contributed by atoms with Gasteiger partial charge in [0.1, 0.15) is 5.82 Å². The van der Waals surface area contributed by atoms with E-state index in [-0.39, 0.29) is 5.91 Å². The summed E-state index contributed by atoms with van der Waals surface area (Å²) in [6.07, 6.45) is 10.5. The first-order valence-corrected chi connectivity index (χ1v) is 12.2. The molecule has 30 heavy (non-hydrogen) atoms. The first-order valence-electron chi connectivity index (χ1n) is 11.3. The van der Waals surface area contributed by atoms with Gasteiger partial charge in [-0.2, -0.15) is 0 Å². The number of rotatable bonds is 6. The Bertz CT molecular complexity index is 870. The number of thioether (sulfide) groups is 1. The van der Waals surface area contributed by atoms with E-state index in [1.165, 1.54) is 37.0 Å². The molecule has 5 heteroatoms. The van der Waals surface area contributed by atoms with Crippen molar-refractivity contribution < 1.29 is 4.79 Å². The highest BCUT2D eigenvalue weighted by Crippen LogP contribution is 2.37. The highest BCUT2D eigenvalue weighted by Gasteiger charge is 2.30. The quantitative estimate of drug-likeness (QED) is 0.585. The highest BCUT2D eigenvalue weighted by molar-refractivity contribution is 8.00. The van der Waals surface area contributed by atoms with Crippen molar-refractivity contribution in [1.29, 1.82) is 0 Å². The summed E-state index contributed by atoms with van der Waals surface area (Å²) in [5.41, 5.74) is 1.92. The predicted octanol–water partition coefficient (Wildman–Crippen LogP) is 6.39. The van der Waals surface area contributed by atoms with Gasteiger partial charge in [-0.15, -0.1) is 11.8 Å². The number of pyridine rings is 1. The Labute approximate surface area is 184 Å². The summed E-state index contributed by atoms with van der Waals surface area (Å²) in [7, 11) is 0. The molecule has 0 radical (unpaired) electrons. The molecule has 2 aliphatic rings. The molecule has 0 unspecified atom stereocenters. The molecule has 1 aromatic heterocycles. The Morgan fingerprint density at radius 1 is 1.20 bits per heavy atom. The number of anilines is 2. The topological polar surface area (TPSA) is 45.2 Å². The normalized spacial score (nSPS) is 19.1. The summed E-state index contributed by atoms with van der Waals surface area (Å²) in [5.74, 6) is 0.731. The van der Waals surface area contributed by atoms with Gasteiger partial charge in [-0.3, -0.25) is 4.79 Å². The zero-order valence-corrected chi connectivity index (χ0v) is 19.0. The van der Waals surface area contributed by atoms with Crippen molar-refractivity contribution in [1.82, 2.24) is 4.98 Å². The number of hydrogen-bond donors (Lipinski definition) is 1. The molecule has 2 aromatic rings. The Balaban J connectivity index is 1.45. The van der Waals surface area contributed by atoms with Gasteiger partial charge >= 0.3 is 0 Å². The van der Waals surface area contributed by atoms with Gasteiger partial charge in [0.2, 0.25) is 0 Å². The largest absolute Gasteiger partial charge is 0.356 e. The van der Waals surface area contributed by atoms with Crippen molar-refractivity contribution in [3.8, 4) is 0 Å². The number of nitrogens with zero attached hydrogens (tertiary/aromatic N) is 2. The van der Waals surface area contributed by atoms with Gasteiger partial charge in [-0.05, 0) is 61.4 Å². The van der Waals surface area contributed by atoms with Crippen LogP contribution in [0.15, 0.2) is 47.5 Å². The minimum Gasteiger partial charge on any atom is -0.356 e. The van der Waals surface area contributed by atoms with Crippen molar-refractivity contribution >= 4 is 29.2 Å². The van der Waals surface area contributed by atoms with Gasteiger partial charge in [0.25, 0.3) is 5.91 Å². The van der Waals surface area contributed by atoms with E-state index in [0.29, 0.717) is 16.2 Å². The second-order valence-corrected chi connectivity index (χ2v) is 10.4. The molecule has 1 saturated carbocycles. The van der Waals surface area contributed by atoms with Gasteiger partial charge < -0.3 is 10.2 Å². The number of carbonyl (C=O) groups excluding carboxylic acids is 1. The lowest BCUT2D eigenvalue weighted by Gasteiger charge is -2.39. The maximum Gasteiger partial charge on any atom is 0.259 e. The lowest BCUT2D eigenvalue weighted by molar-refractivity contribution is 0.102. The SMILES string of the molecule is CCC1(C)CCN(c2ncccc2C(=O)Nc2cccc(SC3CCCC3)c2)CC1. The van der Waals surface area contributed by atoms with Gasteiger partial charge in [-0.1, -0.05) is 39.2 Å². The molecule has 2 fully saturated rings. The lowest BCUT2D eigenvalue weighted by Crippen LogP contribution is -2.39. The van der Waals surface area contributed by atoms with Crippen LogP contribution in [0, 0.1) is 5.41 Å². The van der Waals surface area contributed by atoms with Crippen LogP contribution in [0.3, 0.4) is 0 Å². The number of aromatic nitrogens is 1. The molecule has 4 rings (SSSR count). The second kappa shape index (κ2) is 9.42.